The zero-order valence-corrected chi connectivity index (χ0v) is 16.1. The molecule has 2 rings (SSSR count). The van der Waals surface area contributed by atoms with E-state index in [1.807, 2.05) is 6.07 Å². The van der Waals surface area contributed by atoms with Crippen molar-refractivity contribution in [3.05, 3.63) is 23.3 Å². The van der Waals surface area contributed by atoms with Crippen molar-refractivity contribution in [1.82, 2.24) is 20.6 Å². The number of aromatic nitrogens is 4. The van der Waals surface area contributed by atoms with E-state index in [0.717, 1.165) is 31.2 Å². The molecule has 0 aliphatic heterocycles. The van der Waals surface area contributed by atoms with Crippen molar-refractivity contribution < 1.29 is 18.6 Å². The van der Waals surface area contributed by atoms with Crippen molar-refractivity contribution in [2.45, 2.75) is 56.3 Å². The van der Waals surface area contributed by atoms with E-state index >= 15 is 0 Å². The lowest BCUT2D eigenvalue weighted by molar-refractivity contribution is 0.283. The number of primary sulfonamides is 1. The lowest BCUT2D eigenvalue weighted by atomic mass is 9.96. The molecule has 2 aromatic rings. The maximum atomic E-state index is 12.4. The quantitative estimate of drug-likeness (QED) is 0.388. The Morgan fingerprint density at radius 2 is 1.52 bits per heavy atom. The van der Waals surface area contributed by atoms with Crippen LogP contribution < -0.4 is 5.14 Å². The number of sulfonamides is 1. The Morgan fingerprint density at radius 3 is 2.04 bits per heavy atom. The molecular formula is C17H27N5O4S. The number of benzene rings is 1. The van der Waals surface area contributed by atoms with Gasteiger partial charge in [-0.3, -0.25) is 0 Å². The number of unbranched alkanes of at least 4 members (excludes halogenated alkanes) is 4. The molecule has 0 unspecified atom stereocenters. The summed E-state index contributed by atoms with van der Waals surface area (Å²) in [6.45, 7) is 0.246. The van der Waals surface area contributed by atoms with Gasteiger partial charge in [0.15, 0.2) is 0 Å². The van der Waals surface area contributed by atoms with Gasteiger partial charge in [0.05, 0.1) is 4.90 Å². The Balaban J connectivity index is 2.44. The van der Waals surface area contributed by atoms with Crippen LogP contribution in [-0.4, -0.2) is 52.5 Å². The van der Waals surface area contributed by atoms with Crippen LogP contribution in [0.25, 0.3) is 11.4 Å². The molecule has 27 heavy (non-hydrogen) atoms. The molecule has 1 heterocycles. The minimum Gasteiger partial charge on any atom is -0.396 e. The van der Waals surface area contributed by atoms with Gasteiger partial charge in [0.2, 0.25) is 15.8 Å². The van der Waals surface area contributed by atoms with E-state index in [1.54, 1.807) is 6.07 Å². The molecule has 0 spiro atoms. The molecule has 0 aliphatic rings. The van der Waals surface area contributed by atoms with Crippen LogP contribution in [-0.2, 0) is 22.9 Å². The molecule has 9 nitrogen and oxygen atoms in total. The summed E-state index contributed by atoms with van der Waals surface area (Å²) in [5, 5.41) is 37.3. The van der Waals surface area contributed by atoms with Crippen molar-refractivity contribution in [2.24, 2.45) is 5.14 Å². The molecule has 5 N–H and O–H groups in total. The topological polar surface area (TPSA) is 155 Å². The van der Waals surface area contributed by atoms with Gasteiger partial charge in [-0.2, -0.15) is 5.21 Å². The maximum Gasteiger partial charge on any atom is 0.239 e. The Labute approximate surface area is 159 Å². The molecule has 0 amide bonds. The zero-order chi connectivity index (χ0) is 19.7. The fourth-order valence-electron chi connectivity index (χ4n) is 3.12. The molecule has 0 saturated carbocycles. The number of H-pyrrole nitrogens is 1. The first-order chi connectivity index (χ1) is 13.0. The summed E-state index contributed by atoms with van der Waals surface area (Å²) >= 11 is 0. The Bertz CT molecular complexity index is 809. The SMILES string of the molecule is NS(=O)(=O)c1c(CCCCCO)ccc(CCCCCO)c1-c1nn[nH]n1. The normalized spacial score (nSPS) is 11.8. The van der Waals surface area contributed by atoms with Gasteiger partial charge in [-0.15, -0.1) is 10.2 Å². The van der Waals surface area contributed by atoms with Crippen molar-refractivity contribution in [3.8, 4) is 11.4 Å². The summed E-state index contributed by atoms with van der Waals surface area (Å²) in [7, 11) is -4.00. The molecule has 1 aromatic heterocycles. The first kappa shape index (κ1) is 21.4. The van der Waals surface area contributed by atoms with Crippen molar-refractivity contribution in [1.29, 1.82) is 0 Å². The summed E-state index contributed by atoms with van der Waals surface area (Å²) in [4.78, 5) is 0.0487. The number of nitrogens with zero attached hydrogens (tertiary/aromatic N) is 3. The second kappa shape index (κ2) is 10.5. The number of aliphatic hydroxyl groups is 2. The predicted molar refractivity (Wildman–Crippen MR) is 100 cm³/mol. The minimum atomic E-state index is -4.00. The number of nitrogens with one attached hydrogen (secondary N) is 1. The van der Waals surface area contributed by atoms with Crippen molar-refractivity contribution in [2.75, 3.05) is 13.2 Å². The zero-order valence-electron chi connectivity index (χ0n) is 15.3. The molecule has 0 bridgehead atoms. The first-order valence-electron chi connectivity index (χ1n) is 9.12. The first-order valence-corrected chi connectivity index (χ1v) is 10.7. The summed E-state index contributed by atoms with van der Waals surface area (Å²) in [6.07, 6.45) is 5.68. The highest BCUT2D eigenvalue weighted by molar-refractivity contribution is 7.89. The van der Waals surface area contributed by atoms with E-state index in [1.165, 1.54) is 0 Å². The Morgan fingerprint density at radius 1 is 0.926 bits per heavy atom. The summed E-state index contributed by atoms with van der Waals surface area (Å²) in [5.74, 6) is 0.202. The second-order valence-corrected chi connectivity index (χ2v) is 7.94. The smallest absolute Gasteiger partial charge is 0.239 e. The number of hydrogen-bond acceptors (Lipinski definition) is 7. The summed E-state index contributed by atoms with van der Waals surface area (Å²) < 4.78 is 24.8. The summed E-state index contributed by atoms with van der Waals surface area (Å²) in [6, 6.07) is 3.68. The van der Waals surface area contributed by atoms with Crippen LogP contribution in [0.15, 0.2) is 17.0 Å². The molecular weight excluding hydrogens is 370 g/mol. The van der Waals surface area contributed by atoms with Gasteiger partial charge < -0.3 is 10.2 Å². The Hall–Kier alpha value is -1.88. The average molecular weight is 398 g/mol. The fraction of sp³-hybridized carbons (Fsp3) is 0.588. The number of aliphatic hydroxyl groups excluding tert-OH is 2. The highest BCUT2D eigenvalue weighted by Gasteiger charge is 2.25. The van der Waals surface area contributed by atoms with Gasteiger partial charge in [0.25, 0.3) is 0 Å². The van der Waals surface area contributed by atoms with Crippen LogP contribution >= 0.6 is 0 Å². The number of hydrogen-bond donors (Lipinski definition) is 4. The van der Waals surface area contributed by atoms with Crippen molar-refractivity contribution in [3.63, 3.8) is 0 Å². The maximum absolute atomic E-state index is 12.4. The van der Waals surface area contributed by atoms with E-state index in [0.29, 0.717) is 36.8 Å². The highest BCUT2D eigenvalue weighted by Crippen LogP contribution is 2.32. The molecule has 0 radical (unpaired) electrons. The van der Waals surface area contributed by atoms with Gasteiger partial charge in [-0.05, 0) is 54.9 Å². The molecule has 0 saturated heterocycles. The lowest BCUT2D eigenvalue weighted by Crippen LogP contribution is -2.17. The van der Waals surface area contributed by atoms with Crippen LogP contribution in [0, 0.1) is 0 Å². The predicted octanol–water partition coefficient (Wildman–Crippen LogP) is 0.924. The molecule has 150 valence electrons. The average Bonchev–Trinajstić information content (AvgIpc) is 3.16. The number of aromatic amines is 1. The van der Waals surface area contributed by atoms with Crippen LogP contribution in [0.4, 0.5) is 0 Å². The van der Waals surface area contributed by atoms with Crippen molar-refractivity contribution >= 4 is 10.0 Å². The number of tetrazole rings is 1. The third kappa shape index (κ3) is 6.06. The van der Waals surface area contributed by atoms with Gasteiger partial charge in [0, 0.05) is 18.8 Å². The van der Waals surface area contributed by atoms with Gasteiger partial charge in [-0.25, -0.2) is 13.6 Å². The monoisotopic (exact) mass is 397 g/mol. The highest BCUT2D eigenvalue weighted by atomic mass is 32.2. The molecule has 0 atom stereocenters. The number of rotatable bonds is 12. The van der Waals surface area contributed by atoms with Crippen LogP contribution in [0.3, 0.4) is 0 Å². The second-order valence-electron chi connectivity index (χ2n) is 6.44. The molecule has 10 heteroatoms. The van der Waals surface area contributed by atoms with E-state index in [9.17, 15) is 8.42 Å². The van der Waals surface area contributed by atoms with E-state index in [4.69, 9.17) is 15.4 Å². The molecule has 0 aliphatic carbocycles. The number of aryl methyl sites for hydroxylation is 2. The third-order valence-corrected chi connectivity index (χ3v) is 5.42. The largest absolute Gasteiger partial charge is 0.396 e. The van der Waals surface area contributed by atoms with Gasteiger partial charge >= 0.3 is 0 Å². The van der Waals surface area contributed by atoms with Crippen LogP contribution in [0.1, 0.15) is 49.7 Å². The molecule has 0 fully saturated rings. The van der Waals surface area contributed by atoms with Gasteiger partial charge in [-0.1, -0.05) is 25.0 Å². The lowest BCUT2D eigenvalue weighted by Gasteiger charge is -2.16. The van der Waals surface area contributed by atoms with Crippen LogP contribution in [0.2, 0.25) is 0 Å². The Kier molecular flexibility index (Phi) is 8.29. The standard InChI is InChI=1S/C17H27N5O4S/c18-27(25,26)16-14(8-4-2-6-12-24)10-9-13(7-3-1-5-11-23)15(16)17-19-21-22-20-17/h9-10,23-24H,1-8,11-12H2,(H2,18,25,26)(H,19,20,21,22). The summed E-state index contributed by atoms with van der Waals surface area (Å²) in [5.41, 5.74) is 1.81. The van der Waals surface area contributed by atoms with E-state index < -0.39 is 10.0 Å². The van der Waals surface area contributed by atoms with Crippen LogP contribution in [0.5, 0.6) is 0 Å². The minimum absolute atomic E-state index is 0.0487. The third-order valence-electron chi connectivity index (χ3n) is 4.39. The van der Waals surface area contributed by atoms with E-state index in [-0.39, 0.29) is 23.9 Å². The van der Waals surface area contributed by atoms with Gasteiger partial charge in [0.1, 0.15) is 0 Å². The number of nitrogens with two attached hydrogens (primary N) is 1. The van der Waals surface area contributed by atoms with E-state index in [2.05, 4.69) is 20.6 Å². The fourth-order valence-corrected chi connectivity index (χ4v) is 4.16. The molecule has 1 aromatic carbocycles.